The predicted molar refractivity (Wildman–Crippen MR) is 80.5 cm³/mol. The second-order valence-electron chi connectivity index (χ2n) is 5.63. The van der Waals surface area contributed by atoms with Gasteiger partial charge in [0, 0.05) is 19.0 Å². The number of para-hydroxylation sites is 1. The summed E-state index contributed by atoms with van der Waals surface area (Å²) >= 11 is 0. The minimum atomic E-state index is -3.65. The van der Waals surface area contributed by atoms with Crippen LogP contribution >= 0.6 is 0 Å². The molecule has 2 N–H and O–H groups in total. The van der Waals surface area contributed by atoms with E-state index in [2.05, 4.69) is 4.72 Å². The number of benzene rings is 1. The van der Waals surface area contributed by atoms with Crippen LogP contribution in [0.15, 0.2) is 24.3 Å². The van der Waals surface area contributed by atoms with Crippen molar-refractivity contribution in [2.75, 3.05) is 17.4 Å². The first kappa shape index (κ1) is 15.8. The van der Waals surface area contributed by atoms with Gasteiger partial charge in [0.05, 0.1) is 12.1 Å². The molecule has 2 rings (SSSR count). The molecule has 0 bridgehead atoms. The molecule has 0 saturated heterocycles. The van der Waals surface area contributed by atoms with Crippen LogP contribution in [-0.4, -0.2) is 32.6 Å². The van der Waals surface area contributed by atoms with Crippen LogP contribution in [-0.2, 0) is 15.0 Å². The summed E-state index contributed by atoms with van der Waals surface area (Å²) in [6, 6.07) is 7.06. The van der Waals surface area contributed by atoms with Crippen molar-refractivity contribution in [2.24, 2.45) is 5.92 Å². The molecule has 7 heteroatoms. The Bertz CT molecular complexity index is 628. The van der Waals surface area contributed by atoms with Crippen molar-refractivity contribution in [3.05, 3.63) is 29.8 Å². The van der Waals surface area contributed by atoms with Crippen LogP contribution in [0.5, 0.6) is 0 Å². The number of fused-ring (bicyclic) bond motifs is 1. The number of carbonyl (C=O) groups is 1. The van der Waals surface area contributed by atoms with Crippen LogP contribution in [0.25, 0.3) is 0 Å². The second kappa shape index (κ2) is 6.03. The van der Waals surface area contributed by atoms with Gasteiger partial charge in [0.15, 0.2) is 0 Å². The summed E-state index contributed by atoms with van der Waals surface area (Å²) < 4.78 is 28.6. The average molecular weight is 312 g/mol. The maximum Gasteiger partial charge on any atom is 0.304 e. The van der Waals surface area contributed by atoms with Crippen molar-refractivity contribution in [1.82, 2.24) is 4.72 Å². The van der Waals surface area contributed by atoms with Gasteiger partial charge in [-0.05, 0) is 17.5 Å². The number of anilines is 1. The summed E-state index contributed by atoms with van der Waals surface area (Å²) in [6.45, 7) is 4.37. The Balaban J connectivity index is 2.28. The van der Waals surface area contributed by atoms with Crippen molar-refractivity contribution in [3.8, 4) is 0 Å². The van der Waals surface area contributed by atoms with E-state index in [4.69, 9.17) is 5.11 Å². The third-order valence-corrected chi connectivity index (χ3v) is 4.87. The van der Waals surface area contributed by atoms with E-state index in [0.29, 0.717) is 12.2 Å². The number of hydrogen-bond acceptors (Lipinski definition) is 3. The minimum absolute atomic E-state index is 0.0762. The van der Waals surface area contributed by atoms with Gasteiger partial charge in [0.2, 0.25) is 0 Å². The molecule has 0 spiro atoms. The molecule has 0 aliphatic carbocycles. The number of nitrogens with one attached hydrogen (secondary N) is 1. The molecular formula is C14H20N2O4S. The predicted octanol–water partition coefficient (Wildman–Crippen LogP) is 1.56. The first-order valence-corrected chi connectivity index (χ1v) is 8.33. The highest BCUT2D eigenvalue weighted by Gasteiger charge is 2.36. The summed E-state index contributed by atoms with van der Waals surface area (Å²) in [5, 5.41) is 8.98. The van der Waals surface area contributed by atoms with Gasteiger partial charge in [0.1, 0.15) is 0 Å². The van der Waals surface area contributed by atoms with E-state index >= 15 is 0 Å². The highest BCUT2D eigenvalue weighted by atomic mass is 32.2. The highest BCUT2D eigenvalue weighted by Crippen LogP contribution is 2.39. The van der Waals surface area contributed by atoms with Gasteiger partial charge in [-0.3, -0.25) is 9.10 Å². The average Bonchev–Trinajstić information content (AvgIpc) is 2.76. The molecule has 0 radical (unpaired) electrons. The minimum Gasteiger partial charge on any atom is -0.481 e. The Morgan fingerprint density at radius 2 is 2.10 bits per heavy atom. The SMILES string of the molecule is CC(C)CNS(=O)(=O)N1CC(CC(=O)O)c2ccccc21. The molecule has 1 aromatic carbocycles. The fourth-order valence-corrected chi connectivity index (χ4v) is 3.92. The van der Waals surface area contributed by atoms with E-state index in [1.54, 1.807) is 24.3 Å². The van der Waals surface area contributed by atoms with Crippen molar-refractivity contribution in [2.45, 2.75) is 26.2 Å². The molecule has 1 atom stereocenters. The lowest BCUT2D eigenvalue weighted by molar-refractivity contribution is -0.137. The second-order valence-corrected chi connectivity index (χ2v) is 7.31. The van der Waals surface area contributed by atoms with Crippen LogP contribution < -0.4 is 9.03 Å². The summed E-state index contributed by atoms with van der Waals surface area (Å²) in [5.41, 5.74) is 1.34. The van der Waals surface area contributed by atoms with Crippen molar-refractivity contribution >= 4 is 21.9 Å². The van der Waals surface area contributed by atoms with E-state index in [9.17, 15) is 13.2 Å². The molecule has 6 nitrogen and oxygen atoms in total. The zero-order valence-corrected chi connectivity index (χ0v) is 12.9. The van der Waals surface area contributed by atoms with Gasteiger partial charge < -0.3 is 5.11 Å². The fraction of sp³-hybridized carbons (Fsp3) is 0.500. The molecule has 1 aromatic rings. The number of rotatable bonds is 6. The molecule has 1 unspecified atom stereocenters. The maximum absolute atomic E-state index is 12.4. The Labute approximate surface area is 125 Å². The fourth-order valence-electron chi connectivity index (χ4n) is 2.42. The molecule has 0 amide bonds. The standard InChI is InChI=1S/C14H20N2O4S/c1-10(2)8-15-21(19,20)16-9-11(7-14(17)18)12-5-3-4-6-13(12)16/h3-6,10-11,15H,7-9H2,1-2H3,(H,17,18). The van der Waals surface area contributed by atoms with Crippen LogP contribution in [0.3, 0.4) is 0 Å². The number of carboxylic acid groups (broad SMARTS) is 1. The van der Waals surface area contributed by atoms with E-state index < -0.39 is 16.2 Å². The van der Waals surface area contributed by atoms with Gasteiger partial charge in [-0.1, -0.05) is 32.0 Å². The Morgan fingerprint density at radius 1 is 1.43 bits per heavy atom. The topological polar surface area (TPSA) is 86.7 Å². The molecule has 0 fully saturated rings. The quantitative estimate of drug-likeness (QED) is 0.834. The first-order chi connectivity index (χ1) is 9.81. The first-order valence-electron chi connectivity index (χ1n) is 6.89. The molecule has 21 heavy (non-hydrogen) atoms. The summed E-state index contributed by atoms with van der Waals surface area (Å²) in [7, 11) is -3.65. The largest absolute Gasteiger partial charge is 0.481 e. The van der Waals surface area contributed by atoms with E-state index in [-0.39, 0.29) is 24.8 Å². The third kappa shape index (κ3) is 3.54. The molecule has 1 aliphatic heterocycles. The van der Waals surface area contributed by atoms with Crippen molar-refractivity contribution < 1.29 is 18.3 Å². The Morgan fingerprint density at radius 3 is 2.71 bits per heavy atom. The van der Waals surface area contributed by atoms with Gasteiger partial charge in [-0.2, -0.15) is 13.1 Å². The van der Waals surface area contributed by atoms with E-state index in [0.717, 1.165) is 5.56 Å². The zero-order chi connectivity index (χ0) is 15.6. The smallest absolute Gasteiger partial charge is 0.304 e. The van der Waals surface area contributed by atoms with E-state index in [1.165, 1.54) is 4.31 Å². The van der Waals surface area contributed by atoms with Crippen LogP contribution in [0, 0.1) is 5.92 Å². The maximum atomic E-state index is 12.4. The molecule has 1 heterocycles. The lowest BCUT2D eigenvalue weighted by Crippen LogP contribution is -2.41. The number of aliphatic carboxylic acids is 1. The molecule has 0 saturated carbocycles. The lowest BCUT2D eigenvalue weighted by atomic mass is 9.98. The van der Waals surface area contributed by atoms with Crippen LogP contribution in [0.4, 0.5) is 5.69 Å². The Hall–Kier alpha value is -1.60. The lowest BCUT2D eigenvalue weighted by Gasteiger charge is -2.21. The van der Waals surface area contributed by atoms with Gasteiger partial charge in [0.25, 0.3) is 0 Å². The molecular weight excluding hydrogens is 292 g/mol. The number of carboxylic acids is 1. The summed E-state index contributed by atoms with van der Waals surface area (Å²) in [5.74, 6) is -1.04. The molecule has 1 aliphatic rings. The third-order valence-electron chi connectivity index (χ3n) is 3.42. The molecule has 116 valence electrons. The monoisotopic (exact) mass is 312 g/mol. The van der Waals surface area contributed by atoms with Crippen LogP contribution in [0.1, 0.15) is 31.7 Å². The van der Waals surface area contributed by atoms with Gasteiger partial charge >= 0.3 is 16.2 Å². The van der Waals surface area contributed by atoms with Crippen LogP contribution in [0.2, 0.25) is 0 Å². The zero-order valence-electron chi connectivity index (χ0n) is 12.1. The van der Waals surface area contributed by atoms with Gasteiger partial charge in [-0.15, -0.1) is 0 Å². The van der Waals surface area contributed by atoms with Crippen molar-refractivity contribution in [3.63, 3.8) is 0 Å². The number of hydrogen-bond donors (Lipinski definition) is 2. The van der Waals surface area contributed by atoms with E-state index in [1.807, 2.05) is 13.8 Å². The normalized spacial score (nSPS) is 18.0. The summed E-state index contributed by atoms with van der Waals surface area (Å²) in [6.07, 6.45) is -0.0762. The van der Waals surface area contributed by atoms with Gasteiger partial charge in [-0.25, -0.2) is 0 Å². The highest BCUT2D eigenvalue weighted by molar-refractivity contribution is 7.90. The van der Waals surface area contributed by atoms with Crippen molar-refractivity contribution in [1.29, 1.82) is 0 Å². The number of nitrogens with zero attached hydrogens (tertiary/aromatic N) is 1. The molecule has 0 aromatic heterocycles. The Kier molecular flexibility index (Phi) is 4.53. The summed E-state index contributed by atoms with van der Waals surface area (Å²) in [4.78, 5) is 11.0.